The molecule has 0 aliphatic rings. The summed E-state index contributed by atoms with van der Waals surface area (Å²) in [6, 6.07) is 9.50. The van der Waals surface area contributed by atoms with Crippen molar-refractivity contribution in [3.05, 3.63) is 35.9 Å². The minimum absolute atomic E-state index is 0.429. The quantitative estimate of drug-likeness (QED) is 0.601. The van der Waals surface area contributed by atoms with Crippen LogP contribution >= 0.6 is 0 Å². The maximum absolute atomic E-state index is 11.2. The summed E-state index contributed by atoms with van der Waals surface area (Å²) in [5, 5.41) is 12.4. The SMILES string of the molecule is CCCCCCCCC(NCc1ccccc1)C(=O)O. The molecule has 1 aromatic carbocycles. The van der Waals surface area contributed by atoms with Crippen molar-refractivity contribution in [3.63, 3.8) is 0 Å². The summed E-state index contributed by atoms with van der Waals surface area (Å²) in [5.74, 6) is -0.741. The second kappa shape index (κ2) is 10.4. The molecule has 0 amide bonds. The summed E-state index contributed by atoms with van der Waals surface area (Å²) in [6.07, 6.45) is 7.86. The van der Waals surface area contributed by atoms with Crippen LogP contribution in [0.25, 0.3) is 0 Å². The number of benzene rings is 1. The van der Waals surface area contributed by atoms with Crippen LogP contribution in [0.4, 0.5) is 0 Å². The Kier molecular flexibility index (Phi) is 8.72. The topological polar surface area (TPSA) is 49.3 Å². The molecule has 2 N–H and O–H groups in total. The van der Waals surface area contributed by atoms with Crippen LogP contribution < -0.4 is 5.32 Å². The summed E-state index contributed by atoms with van der Waals surface area (Å²) in [4.78, 5) is 11.2. The third-order valence-corrected chi connectivity index (χ3v) is 3.54. The van der Waals surface area contributed by atoms with Crippen molar-refractivity contribution in [3.8, 4) is 0 Å². The summed E-state index contributed by atoms with van der Waals surface area (Å²) in [6.45, 7) is 2.82. The lowest BCUT2D eigenvalue weighted by Crippen LogP contribution is -2.36. The van der Waals surface area contributed by atoms with Crippen molar-refractivity contribution < 1.29 is 9.90 Å². The highest BCUT2D eigenvalue weighted by Crippen LogP contribution is 2.09. The van der Waals surface area contributed by atoms with Gasteiger partial charge in [0.1, 0.15) is 6.04 Å². The summed E-state index contributed by atoms with van der Waals surface area (Å²) in [5.41, 5.74) is 1.13. The number of aliphatic carboxylic acids is 1. The van der Waals surface area contributed by atoms with Gasteiger partial charge < -0.3 is 10.4 Å². The van der Waals surface area contributed by atoms with E-state index in [-0.39, 0.29) is 0 Å². The van der Waals surface area contributed by atoms with Gasteiger partial charge in [-0.25, -0.2) is 0 Å². The maximum Gasteiger partial charge on any atom is 0.320 e. The predicted octanol–water partition coefficient (Wildman–Crippen LogP) is 3.98. The van der Waals surface area contributed by atoms with E-state index in [0.29, 0.717) is 13.0 Å². The molecule has 1 atom stereocenters. The zero-order valence-electron chi connectivity index (χ0n) is 12.5. The van der Waals surface area contributed by atoms with Gasteiger partial charge in [-0.15, -0.1) is 0 Å². The molecule has 0 heterocycles. The van der Waals surface area contributed by atoms with Crippen molar-refractivity contribution in [2.24, 2.45) is 0 Å². The number of hydrogen-bond acceptors (Lipinski definition) is 2. The van der Waals surface area contributed by atoms with Crippen molar-refractivity contribution in [1.82, 2.24) is 5.32 Å². The molecular formula is C17H27NO2. The smallest absolute Gasteiger partial charge is 0.320 e. The highest BCUT2D eigenvalue weighted by molar-refractivity contribution is 5.73. The van der Waals surface area contributed by atoms with Gasteiger partial charge in [0.2, 0.25) is 0 Å². The molecule has 3 heteroatoms. The average molecular weight is 277 g/mol. The molecule has 1 aromatic rings. The van der Waals surface area contributed by atoms with Gasteiger partial charge in [0.05, 0.1) is 0 Å². The standard InChI is InChI=1S/C17H27NO2/c1-2-3-4-5-6-10-13-16(17(19)20)18-14-15-11-8-7-9-12-15/h7-9,11-12,16,18H,2-6,10,13-14H2,1H3,(H,19,20). The number of nitrogens with one attached hydrogen (secondary N) is 1. The molecule has 0 bridgehead atoms. The number of rotatable bonds is 11. The molecule has 1 rings (SSSR count). The van der Waals surface area contributed by atoms with Crippen molar-refractivity contribution in [2.75, 3.05) is 0 Å². The second-order valence-corrected chi connectivity index (χ2v) is 5.31. The van der Waals surface area contributed by atoms with Crippen LogP contribution in [-0.4, -0.2) is 17.1 Å². The minimum atomic E-state index is -0.741. The average Bonchev–Trinajstić information content (AvgIpc) is 2.46. The Morgan fingerprint density at radius 1 is 1.10 bits per heavy atom. The van der Waals surface area contributed by atoms with E-state index >= 15 is 0 Å². The highest BCUT2D eigenvalue weighted by Gasteiger charge is 2.15. The molecule has 0 aliphatic carbocycles. The first-order valence-electron chi connectivity index (χ1n) is 7.74. The number of unbranched alkanes of at least 4 members (excludes halogenated alkanes) is 5. The molecule has 0 spiro atoms. The van der Waals surface area contributed by atoms with Gasteiger partial charge in [0, 0.05) is 6.54 Å². The molecule has 112 valence electrons. The van der Waals surface area contributed by atoms with Crippen LogP contribution in [0.2, 0.25) is 0 Å². The Morgan fingerprint density at radius 3 is 2.40 bits per heavy atom. The van der Waals surface area contributed by atoms with Gasteiger partial charge in [-0.1, -0.05) is 75.8 Å². The molecule has 20 heavy (non-hydrogen) atoms. The molecule has 0 fully saturated rings. The number of carboxylic acids is 1. The number of carboxylic acid groups (broad SMARTS) is 1. The van der Waals surface area contributed by atoms with Crippen LogP contribution in [0.3, 0.4) is 0 Å². The second-order valence-electron chi connectivity index (χ2n) is 5.31. The van der Waals surface area contributed by atoms with Gasteiger partial charge in [-0.3, -0.25) is 4.79 Å². The number of hydrogen-bond donors (Lipinski definition) is 2. The first-order valence-corrected chi connectivity index (χ1v) is 7.74. The Labute approximate surface area is 122 Å². The van der Waals surface area contributed by atoms with E-state index in [1.54, 1.807) is 0 Å². The molecule has 0 saturated heterocycles. The van der Waals surface area contributed by atoms with Crippen molar-refractivity contribution in [2.45, 2.75) is 64.5 Å². The van der Waals surface area contributed by atoms with Gasteiger partial charge in [0.25, 0.3) is 0 Å². The molecular weight excluding hydrogens is 250 g/mol. The van der Waals surface area contributed by atoms with E-state index < -0.39 is 12.0 Å². The molecule has 0 aliphatic heterocycles. The lowest BCUT2D eigenvalue weighted by atomic mass is 10.1. The van der Waals surface area contributed by atoms with Crippen molar-refractivity contribution >= 4 is 5.97 Å². The fourth-order valence-corrected chi connectivity index (χ4v) is 2.28. The van der Waals surface area contributed by atoms with E-state index in [4.69, 9.17) is 0 Å². The molecule has 3 nitrogen and oxygen atoms in total. The largest absolute Gasteiger partial charge is 0.480 e. The van der Waals surface area contributed by atoms with Crippen LogP contribution in [0.1, 0.15) is 57.4 Å². The van der Waals surface area contributed by atoms with E-state index in [9.17, 15) is 9.90 Å². The highest BCUT2D eigenvalue weighted by atomic mass is 16.4. The fourth-order valence-electron chi connectivity index (χ4n) is 2.28. The monoisotopic (exact) mass is 277 g/mol. The van der Waals surface area contributed by atoms with Crippen LogP contribution in [0.5, 0.6) is 0 Å². The number of carbonyl (C=O) groups is 1. The first-order chi connectivity index (χ1) is 9.74. The molecule has 0 aromatic heterocycles. The Morgan fingerprint density at radius 2 is 1.75 bits per heavy atom. The van der Waals surface area contributed by atoms with E-state index in [1.165, 1.54) is 25.7 Å². The fraction of sp³-hybridized carbons (Fsp3) is 0.588. The maximum atomic E-state index is 11.2. The molecule has 0 saturated carbocycles. The third kappa shape index (κ3) is 7.29. The van der Waals surface area contributed by atoms with Crippen LogP contribution in [0.15, 0.2) is 30.3 Å². The van der Waals surface area contributed by atoms with Gasteiger partial charge in [-0.2, -0.15) is 0 Å². The van der Waals surface area contributed by atoms with Crippen molar-refractivity contribution in [1.29, 1.82) is 0 Å². The van der Waals surface area contributed by atoms with E-state index in [0.717, 1.165) is 18.4 Å². The Bertz CT molecular complexity index is 365. The van der Waals surface area contributed by atoms with E-state index in [2.05, 4.69) is 12.2 Å². The zero-order chi connectivity index (χ0) is 14.6. The van der Waals surface area contributed by atoms with Gasteiger partial charge in [0.15, 0.2) is 0 Å². The summed E-state index contributed by atoms with van der Waals surface area (Å²) >= 11 is 0. The summed E-state index contributed by atoms with van der Waals surface area (Å²) in [7, 11) is 0. The lowest BCUT2D eigenvalue weighted by molar-refractivity contribution is -0.139. The van der Waals surface area contributed by atoms with Gasteiger partial charge >= 0.3 is 5.97 Å². The van der Waals surface area contributed by atoms with E-state index in [1.807, 2.05) is 30.3 Å². The van der Waals surface area contributed by atoms with Crippen LogP contribution in [-0.2, 0) is 11.3 Å². The normalized spacial score (nSPS) is 12.2. The molecule has 0 radical (unpaired) electrons. The first kappa shape index (κ1) is 16.7. The van der Waals surface area contributed by atoms with Crippen LogP contribution in [0, 0.1) is 0 Å². The zero-order valence-corrected chi connectivity index (χ0v) is 12.5. The lowest BCUT2D eigenvalue weighted by Gasteiger charge is -2.14. The Hall–Kier alpha value is -1.35. The molecule has 1 unspecified atom stereocenters. The third-order valence-electron chi connectivity index (χ3n) is 3.54. The Balaban J connectivity index is 2.21. The minimum Gasteiger partial charge on any atom is -0.480 e. The van der Waals surface area contributed by atoms with Gasteiger partial charge in [-0.05, 0) is 12.0 Å². The predicted molar refractivity (Wildman–Crippen MR) is 82.7 cm³/mol. The summed E-state index contributed by atoms with van der Waals surface area (Å²) < 4.78 is 0.